The lowest BCUT2D eigenvalue weighted by atomic mass is 9.95. The lowest BCUT2D eigenvalue weighted by Crippen LogP contribution is -2.29. The molecule has 7 heteroatoms. The summed E-state index contributed by atoms with van der Waals surface area (Å²) in [4.78, 5) is 27.3. The number of Topliss-reactive ketones (excluding diaryl/α,β-unsaturated/α-hetero) is 1. The molecule has 6 nitrogen and oxygen atoms in total. The van der Waals surface area contributed by atoms with E-state index in [1.165, 1.54) is 35.4 Å². The predicted octanol–water partition coefficient (Wildman–Crippen LogP) is 4.61. The van der Waals surface area contributed by atoms with Gasteiger partial charge in [0.05, 0.1) is 24.4 Å². The van der Waals surface area contributed by atoms with E-state index in [1.54, 1.807) is 42.5 Å². The summed E-state index contributed by atoms with van der Waals surface area (Å²) in [6, 6.07) is 14.5. The summed E-state index contributed by atoms with van der Waals surface area (Å²) in [5.74, 6) is -1.46. The fraction of sp³-hybridized carbons (Fsp3) is 0.120. The third kappa shape index (κ3) is 4.05. The number of aliphatic hydroxyl groups is 1. The van der Waals surface area contributed by atoms with E-state index in [1.807, 2.05) is 0 Å². The Bertz CT molecular complexity index is 1180. The van der Waals surface area contributed by atoms with Gasteiger partial charge in [-0.1, -0.05) is 24.8 Å². The van der Waals surface area contributed by atoms with Crippen LogP contribution in [0.1, 0.15) is 22.9 Å². The number of likely N-dealkylation sites (tertiary alicyclic amines) is 1. The van der Waals surface area contributed by atoms with Gasteiger partial charge in [-0.25, -0.2) is 4.39 Å². The SMILES string of the molecule is C=CCOc1cccc(C2C(=C(O)c3ccc(F)cc3)C(=O)C(=O)N2Cc2ccco2)c1. The zero-order valence-corrected chi connectivity index (χ0v) is 17.0. The van der Waals surface area contributed by atoms with Gasteiger partial charge in [-0.3, -0.25) is 9.59 Å². The van der Waals surface area contributed by atoms with E-state index in [4.69, 9.17) is 9.15 Å². The van der Waals surface area contributed by atoms with E-state index in [9.17, 15) is 19.1 Å². The third-order valence-corrected chi connectivity index (χ3v) is 5.11. The molecule has 2 aromatic carbocycles. The Morgan fingerprint density at radius 3 is 2.62 bits per heavy atom. The number of ether oxygens (including phenoxy) is 1. The van der Waals surface area contributed by atoms with Crippen LogP contribution in [0.4, 0.5) is 4.39 Å². The lowest BCUT2D eigenvalue weighted by Gasteiger charge is -2.25. The molecule has 1 aliphatic rings. The van der Waals surface area contributed by atoms with Crippen molar-refractivity contribution in [1.29, 1.82) is 0 Å². The predicted molar refractivity (Wildman–Crippen MR) is 115 cm³/mol. The molecule has 2 heterocycles. The zero-order valence-electron chi connectivity index (χ0n) is 17.0. The van der Waals surface area contributed by atoms with Gasteiger partial charge in [0.1, 0.15) is 29.7 Å². The molecular formula is C25H20FNO5. The minimum absolute atomic E-state index is 0.0280. The van der Waals surface area contributed by atoms with Gasteiger partial charge in [0.15, 0.2) is 0 Å². The molecule has 1 N–H and O–H groups in total. The summed E-state index contributed by atoms with van der Waals surface area (Å²) >= 11 is 0. The Morgan fingerprint density at radius 1 is 1.16 bits per heavy atom. The van der Waals surface area contributed by atoms with Crippen molar-refractivity contribution in [1.82, 2.24) is 4.90 Å². The van der Waals surface area contributed by atoms with E-state index in [-0.39, 0.29) is 30.0 Å². The fourth-order valence-electron chi connectivity index (χ4n) is 3.65. The van der Waals surface area contributed by atoms with Gasteiger partial charge >= 0.3 is 0 Å². The van der Waals surface area contributed by atoms with Gasteiger partial charge in [0, 0.05) is 5.56 Å². The maximum Gasteiger partial charge on any atom is 0.296 e. The molecule has 0 saturated carbocycles. The van der Waals surface area contributed by atoms with Crippen LogP contribution in [-0.4, -0.2) is 28.3 Å². The van der Waals surface area contributed by atoms with Crippen molar-refractivity contribution >= 4 is 17.4 Å². The van der Waals surface area contributed by atoms with Crippen molar-refractivity contribution in [2.75, 3.05) is 6.61 Å². The third-order valence-electron chi connectivity index (χ3n) is 5.11. The van der Waals surface area contributed by atoms with Gasteiger partial charge in [0.2, 0.25) is 0 Å². The monoisotopic (exact) mass is 433 g/mol. The summed E-state index contributed by atoms with van der Waals surface area (Å²) in [6.45, 7) is 3.94. The van der Waals surface area contributed by atoms with Crippen LogP contribution in [0.25, 0.3) is 5.76 Å². The van der Waals surface area contributed by atoms with Crippen molar-refractivity contribution in [2.45, 2.75) is 12.6 Å². The van der Waals surface area contributed by atoms with E-state index in [2.05, 4.69) is 6.58 Å². The lowest BCUT2D eigenvalue weighted by molar-refractivity contribution is -0.140. The molecule has 1 amide bonds. The second kappa shape index (κ2) is 8.93. The first-order valence-corrected chi connectivity index (χ1v) is 9.90. The molecule has 0 spiro atoms. The number of halogens is 1. The van der Waals surface area contributed by atoms with E-state index >= 15 is 0 Å². The molecule has 3 aromatic rings. The summed E-state index contributed by atoms with van der Waals surface area (Å²) in [5.41, 5.74) is 0.710. The minimum Gasteiger partial charge on any atom is -0.507 e. The van der Waals surface area contributed by atoms with E-state index in [0.717, 1.165) is 0 Å². The van der Waals surface area contributed by atoms with E-state index < -0.39 is 23.5 Å². The average molecular weight is 433 g/mol. The highest BCUT2D eigenvalue weighted by atomic mass is 19.1. The number of hydrogen-bond acceptors (Lipinski definition) is 5. The van der Waals surface area contributed by atoms with Gasteiger partial charge in [0.25, 0.3) is 11.7 Å². The number of amides is 1. The highest BCUT2D eigenvalue weighted by Crippen LogP contribution is 2.41. The number of ketones is 1. The highest BCUT2D eigenvalue weighted by Gasteiger charge is 2.46. The smallest absolute Gasteiger partial charge is 0.296 e. The molecule has 0 radical (unpaired) electrons. The van der Waals surface area contributed by atoms with Crippen LogP contribution in [0.2, 0.25) is 0 Å². The first-order chi connectivity index (χ1) is 15.5. The average Bonchev–Trinajstić information content (AvgIpc) is 3.40. The van der Waals surface area contributed by atoms with Crippen molar-refractivity contribution in [3.8, 4) is 5.75 Å². The molecule has 1 saturated heterocycles. The molecular weight excluding hydrogens is 413 g/mol. The quantitative estimate of drug-likeness (QED) is 0.255. The van der Waals surface area contributed by atoms with E-state index in [0.29, 0.717) is 17.1 Å². The number of aliphatic hydroxyl groups excluding tert-OH is 1. The fourth-order valence-corrected chi connectivity index (χ4v) is 3.65. The van der Waals surface area contributed by atoms with Crippen LogP contribution in [0, 0.1) is 5.82 Å². The minimum atomic E-state index is -0.891. The van der Waals surface area contributed by atoms with Crippen molar-refractivity contribution < 1.29 is 28.2 Å². The molecule has 1 aromatic heterocycles. The van der Waals surface area contributed by atoms with Crippen molar-refractivity contribution in [3.05, 3.63) is 108 Å². The standard InChI is InChI=1S/C25H20FNO5/c1-2-12-31-19-6-3-5-17(14-19)22-21(23(28)16-8-10-18(26)11-9-16)24(29)25(30)27(22)15-20-7-4-13-32-20/h2-11,13-14,22,28H,1,12,15H2. The Labute approximate surface area is 183 Å². The van der Waals surface area contributed by atoms with Gasteiger partial charge < -0.3 is 19.2 Å². The second-order valence-corrected chi connectivity index (χ2v) is 7.19. The van der Waals surface area contributed by atoms with Crippen LogP contribution >= 0.6 is 0 Å². The molecule has 1 atom stereocenters. The molecule has 4 rings (SSSR count). The zero-order chi connectivity index (χ0) is 22.7. The van der Waals surface area contributed by atoms with Crippen LogP contribution in [0.5, 0.6) is 5.75 Å². The number of hydrogen-bond donors (Lipinski definition) is 1. The Balaban J connectivity index is 1.84. The van der Waals surface area contributed by atoms with Crippen molar-refractivity contribution in [2.24, 2.45) is 0 Å². The molecule has 0 aliphatic carbocycles. The molecule has 1 unspecified atom stereocenters. The molecule has 32 heavy (non-hydrogen) atoms. The first-order valence-electron chi connectivity index (χ1n) is 9.90. The van der Waals surface area contributed by atoms with Crippen LogP contribution < -0.4 is 4.74 Å². The Morgan fingerprint density at radius 2 is 1.94 bits per heavy atom. The summed E-state index contributed by atoms with van der Waals surface area (Å²) < 4.78 is 24.3. The molecule has 0 bridgehead atoms. The number of benzene rings is 2. The molecule has 1 fully saturated rings. The van der Waals surface area contributed by atoms with Crippen LogP contribution in [0.15, 0.2) is 89.6 Å². The van der Waals surface area contributed by atoms with Crippen molar-refractivity contribution in [3.63, 3.8) is 0 Å². The number of carbonyl (C=O) groups is 2. The summed E-state index contributed by atoms with van der Waals surface area (Å²) in [7, 11) is 0. The normalized spacial score (nSPS) is 17.5. The van der Waals surface area contributed by atoms with Gasteiger partial charge in [-0.15, -0.1) is 0 Å². The highest BCUT2D eigenvalue weighted by molar-refractivity contribution is 6.46. The maximum absolute atomic E-state index is 13.4. The molecule has 1 aliphatic heterocycles. The Kier molecular flexibility index (Phi) is 5.89. The summed E-state index contributed by atoms with van der Waals surface area (Å²) in [6.07, 6.45) is 3.08. The molecule has 162 valence electrons. The van der Waals surface area contributed by atoms with Crippen LogP contribution in [-0.2, 0) is 16.1 Å². The second-order valence-electron chi connectivity index (χ2n) is 7.19. The largest absolute Gasteiger partial charge is 0.507 e. The van der Waals surface area contributed by atoms with Gasteiger partial charge in [-0.05, 0) is 54.1 Å². The summed E-state index contributed by atoms with van der Waals surface area (Å²) in [5, 5.41) is 11.0. The number of nitrogens with zero attached hydrogens (tertiary/aromatic N) is 1. The van der Waals surface area contributed by atoms with Crippen LogP contribution in [0.3, 0.4) is 0 Å². The first kappa shape index (κ1) is 21.1. The number of rotatable bonds is 7. The number of furan rings is 1. The van der Waals surface area contributed by atoms with Gasteiger partial charge in [-0.2, -0.15) is 0 Å². The maximum atomic E-state index is 13.4. The number of carbonyl (C=O) groups excluding carboxylic acids is 2. The topological polar surface area (TPSA) is 80.0 Å². The Hall–Kier alpha value is -4.13.